The van der Waals surface area contributed by atoms with E-state index < -0.39 is 0 Å². The van der Waals surface area contributed by atoms with Gasteiger partial charge in [0, 0.05) is 12.1 Å². The minimum Gasteiger partial charge on any atom is -0.497 e. The maximum Gasteiger partial charge on any atom is 0.135 e. The predicted molar refractivity (Wildman–Crippen MR) is 78.7 cm³/mol. The summed E-state index contributed by atoms with van der Waals surface area (Å²) >= 11 is 0. The smallest absolute Gasteiger partial charge is 0.135 e. The Morgan fingerprint density at radius 1 is 1.15 bits per heavy atom. The fourth-order valence-corrected chi connectivity index (χ4v) is 2.52. The third-order valence-corrected chi connectivity index (χ3v) is 3.62. The van der Waals surface area contributed by atoms with Gasteiger partial charge in [-0.1, -0.05) is 36.4 Å². The largest absolute Gasteiger partial charge is 0.497 e. The molecule has 0 aliphatic carbocycles. The number of fused-ring (bicyclic) bond motifs is 1. The van der Waals surface area contributed by atoms with Crippen molar-refractivity contribution in [1.82, 2.24) is 5.32 Å². The maximum atomic E-state index is 6.03. The van der Waals surface area contributed by atoms with Crippen LogP contribution in [0.25, 0.3) is 0 Å². The van der Waals surface area contributed by atoms with Crippen LogP contribution in [0.3, 0.4) is 0 Å². The monoisotopic (exact) mass is 269 g/mol. The second-order valence-corrected chi connectivity index (χ2v) is 4.95. The van der Waals surface area contributed by atoms with Crippen LogP contribution < -0.4 is 10.1 Å². The summed E-state index contributed by atoms with van der Waals surface area (Å²) < 4.78 is 11.3. The zero-order valence-electron chi connectivity index (χ0n) is 11.6. The van der Waals surface area contributed by atoms with Crippen LogP contribution in [0.2, 0.25) is 0 Å². The van der Waals surface area contributed by atoms with E-state index in [4.69, 9.17) is 9.47 Å². The van der Waals surface area contributed by atoms with E-state index in [9.17, 15) is 0 Å². The molecule has 2 aromatic carbocycles. The molecule has 0 saturated heterocycles. The minimum atomic E-state index is -0.0611. The molecule has 2 aromatic rings. The highest BCUT2D eigenvalue weighted by molar-refractivity contribution is 5.38. The molecule has 1 aliphatic rings. The molecule has 104 valence electrons. The van der Waals surface area contributed by atoms with Crippen molar-refractivity contribution in [3.63, 3.8) is 0 Å². The summed E-state index contributed by atoms with van der Waals surface area (Å²) in [5, 5.41) is 3.42. The van der Waals surface area contributed by atoms with Gasteiger partial charge < -0.3 is 9.47 Å². The molecule has 0 aromatic heterocycles. The first-order chi connectivity index (χ1) is 9.86. The van der Waals surface area contributed by atoms with Gasteiger partial charge in [-0.2, -0.15) is 0 Å². The van der Waals surface area contributed by atoms with E-state index in [2.05, 4.69) is 29.6 Å². The number of hydrogen-bond donors (Lipinski definition) is 1. The molecule has 1 heterocycles. The summed E-state index contributed by atoms with van der Waals surface area (Å²) in [6, 6.07) is 16.4. The van der Waals surface area contributed by atoms with Crippen molar-refractivity contribution in [2.75, 3.05) is 13.7 Å². The number of hydrogen-bond acceptors (Lipinski definition) is 3. The molecular formula is C17H19NO2. The van der Waals surface area contributed by atoms with Crippen LogP contribution in [-0.2, 0) is 17.8 Å². The standard InChI is InChI=1S/C17H19NO2/c1-19-15-8-7-14-9-10-18-17(16(14)11-15)20-12-13-5-3-2-4-6-13/h2-8,11,17-18H,9-10,12H2,1H3. The summed E-state index contributed by atoms with van der Waals surface area (Å²) in [4.78, 5) is 0. The molecule has 3 rings (SSSR count). The highest BCUT2D eigenvalue weighted by atomic mass is 16.5. The molecule has 1 N–H and O–H groups in total. The Labute approximate surface area is 119 Å². The quantitative estimate of drug-likeness (QED) is 0.925. The van der Waals surface area contributed by atoms with Gasteiger partial charge in [0.15, 0.2) is 0 Å². The normalized spacial score (nSPS) is 17.6. The third kappa shape index (κ3) is 2.84. The van der Waals surface area contributed by atoms with Gasteiger partial charge >= 0.3 is 0 Å². The van der Waals surface area contributed by atoms with Gasteiger partial charge in [0.05, 0.1) is 13.7 Å². The first-order valence-corrected chi connectivity index (χ1v) is 6.92. The molecule has 0 spiro atoms. The zero-order valence-corrected chi connectivity index (χ0v) is 11.6. The Bertz CT molecular complexity index is 568. The minimum absolute atomic E-state index is 0.0611. The second-order valence-electron chi connectivity index (χ2n) is 4.95. The van der Waals surface area contributed by atoms with Crippen LogP contribution in [0.15, 0.2) is 48.5 Å². The van der Waals surface area contributed by atoms with E-state index >= 15 is 0 Å². The molecule has 0 bridgehead atoms. The lowest BCUT2D eigenvalue weighted by Gasteiger charge is -2.27. The van der Waals surface area contributed by atoms with Crippen LogP contribution in [-0.4, -0.2) is 13.7 Å². The van der Waals surface area contributed by atoms with Crippen molar-refractivity contribution < 1.29 is 9.47 Å². The van der Waals surface area contributed by atoms with Crippen molar-refractivity contribution in [1.29, 1.82) is 0 Å². The average molecular weight is 269 g/mol. The second kappa shape index (κ2) is 6.07. The van der Waals surface area contributed by atoms with Crippen LogP contribution in [0.4, 0.5) is 0 Å². The number of rotatable bonds is 4. The predicted octanol–water partition coefficient (Wildman–Crippen LogP) is 3.06. The van der Waals surface area contributed by atoms with E-state index in [0.29, 0.717) is 6.61 Å². The number of methoxy groups -OCH3 is 1. The molecule has 0 fully saturated rings. The molecule has 20 heavy (non-hydrogen) atoms. The summed E-state index contributed by atoms with van der Waals surface area (Å²) in [5.74, 6) is 0.876. The van der Waals surface area contributed by atoms with Gasteiger partial charge in [0.1, 0.15) is 12.0 Å². The zero-order chi connectivity index (χ0) is 13.8. The van der Waals surface area contributed by atoms with E-state index in [1.807, 2.05) is 24.3 Å². The fourth-order valence-electron chi connectivity index (χ4n) is 2.52. The molecule has 3 heteroatoms. The lowest BCUT2D eigenvalue weighted by Crippen LogP contribution is -2.31. The molecule has 1 unspecified atom stereocenters. The molecule has 3 nitrogen and oxygen atoms in total. The van der Waals surface area contributed by atoms with Gasteiger partial charge in [0.2, 0.25) is 0 Å². The SMILES string of the molecule is COc1ccc2c(c1)C(OCc1ccccc1)NCC2. The van der Waals surface area contributed by atoms with E-state index in [-0.39, 0.29) is 6.23 Å². The fraction of sp³-hybridized carbons (Fsp3) is 0.294. The van der Waals surface area contributed by atoms with Crippen molar-refractivity contribution in [3.8, 4) is 5.75 Å². The number of nitrogens with one attached hydrogen (secondary N) is 1. The maximum absolute atomic E-state index is 6.03. The lowest BCUT2D eigenvalue weighted by molar-refractivity contribution is 0.0120. The lowest BCUT2D eigenvalue weighted by atomic mass is 9.99. The number of benzene rings is 2. The van der Waals surface area contributed by atoms with Crippen molar-refractivity contribution >= 4 is 0 Å². The summed E-state index contributed by atoms with van der Waals surface area (Å²) in [7, 11) is 1.69. The first kappa shape index (κ1) is 13.2. The van der Waals surface area contributed by atoms with Gasteiger partial charge in [-0.15, -0.1) is 0 Å². The van der Waals surface area contributed by atoms with E-state index in [0.717, 1.165) is 18.7 Å². The number of ether oxygens (including phenoxy) is 2. The van der Waals surface area contributed by atoms with Crippen LogP contribution in [0, 0.1) is 0 Å². The highest BCUT2D eigenvalue weighted by Gasteiger charge is 2.20. The molecule has 0 radical (unpaired) electrons. The Hall–Kier alpha value is -1.84. The van der Waals surface area contributed by atoms with Crippen LogP contribution in [0.5, 0.6) is 5.75 Å². The van der Waals surface area contributed by atoms with Gasteiger partial charge in [-0.3, -0.25) is 5.32 Å². The molecular weight excluding hydrogens is 250 g/mol. The summed E-state index contributed by atoms with van der Waals surface area (Å²) in [6.45, 7) is 1.55. The molecule has 1 aliphatic heterocycles. The Morgan fingerprint density at radius 2 is 2.00 bits per heavy atom. The molecule has 0 saturated carbocycles. The van der Waals surface area contributed by atoms with Crippen LogP contribution >= 0.6 is 0 Å². The Kier molecular flexibility index (Phi) is 4.00. The van der Waals surface area contributed by atoms with Gasteiger partial charge in [-0.05, 0) is 29.7 Å². The summed E-state index contributed by atoms with van der Waals surface area (Å²) in [6.07, 6.45) is 0.971. The van der Waals surface area contributed by atoms with Crippen molar-refractivity contribution in [2.24, 2.45) is 0 Å². The topological polar surface area (TPSA) is 30.5 Å². The van der Waals surface area contributed by atoms with Crippen molar-refractivity contribution in [2.45, 2.75) is 19.3 Å². The van der Waals surface area contributed by atoms with Gasteiger partial charge in [-0.25, -0.2) is 0 Å². The molecule has 1 atom stereocenters. The first-order valence-electron chi connectivity index (χ1n) is 6.92. The Morgan fingerprint density at radius 3 is 2.80 bits per heavy atom. The van der Waals surface area contributed by atoms with E-state index in [1.54, 1.807) is 7.11 Å². The summed E-state index contributed by atoms with van der Waals surface area (Å²) in [5.41, 5.74) is 3.71. The Balaban J connectivity index is 1.75. The van der Waals surface area contributed by atoms with Crippen LogP contribution in [0.1, 0.15) is 22.9 Å². The molecule has 0 amide bonds. The van der Waals surface area contributed by atoms with Crippen molar-refractivity contribution in [3.05, 3.63) is 65.2 Å². The van der Waals surface area contributed by atoms with Gasteiger partial charge in [0.25, 0.3) is 0 Å². The average Bonchev–Trinajstić information content (AvgIpc) is 2.53. The van der Waals surface area contributed by atoms with E-state index in [1.165, 1.54) is 16.7 Å². The third-order valence-electron chi connectivity index (χ3n) is 3.62. The highest BCUT2D eigenvalue weighted by Crippen LogP contribution is 2.28.